The highest BCUT2D eigenvalue weighted by Crippen LogP contribution is 2.48. The molecule has 2 fully saturated rings. The van der Waals surface area contributed by atoms with Crippen molar-refractivity contribution in [1.82, 2.24) is 15.6 Å². The van der Waals surface area contributed by atoms with Crippen LogP contribution in [0.15, 0.2) is 0 Å². The molecule has 1 heterocycles. The second-order valence-corrected chi connectivity index (χ2v) is 7.57. The Bertz CT molecular complexity index is 511. The zero-order valence-electron chi connectivity index (χ0n) is 12.6. The second-order valence-electron chi connectivity index (χ2n) is 6.28. The van der Waals surface area contributed by atoms with Gasteiger partial charge in [-0.2, -0.15) is 0 Å². The SMILES string of the molecule is Cc1nc(CNC(=O)NC2C3CCC(C3)C2CO)sc1C. The number of carbonyl (C=O) groups is 1. The van der Waals surface area contributed by atoms with Crippen LogP contribution in [0.5, 0.6) is 0 Å². The van der Waals surface area contributed by atoms with Crippen LogP contribution in [0.3, 0.4) is 0 Å². The van der Waals surface area contributed by atoms with Gasteiger partial charge in [0.15, 0.2) is 0 Å². The van der Waals surface area contributed by atoms with Crippen molar-refractivity contribution in [3.63, 3.8) is 0 Å². The topological polar surface area (TPSA) is 74.2 Å². The molecule has 21 heavy (non-hydrogen) atoms. The van der Waals surface area contributed by atoms with E-state index < -0.39 is 0 Å². The summed E-state index contributed by atoms with van der Waals surface area (Å²) in [5, 5.41) is 16.4. The summed E-state index contributed by atoms with van der Waals surface area (Å²) in [6.45, 7) is 4.67. The van der Waals surface area contributed by atoms with Gasteiger partial charge >= 0.3 is 6.03 Å². The number of thiazole rings is 1. The van der Waals surface area contributed by atoms with Crippen LogP contribution < -0.4 is 10.6 Å². The number of fused-ring (bicyclic) bond motifs is 2. The van der Waals surface area contributed by atoms with Gasteiger partial charge in [0.25, 0.3) is 0 Å². The van der Waals surface area contributed by atoms with Crippen molar-refractivity contribution >= 4 is 17.4 Å². The van der Waals surface area contributed by atoms with Gasteiger partial charge in [-0.3, -0.25) is 0 Å². The van der Waals surface area contributed by atoms with Crippen LogP contribution in [0.25, 0.3) is 0 Å². The Kier molecular flexibility index (Phi) is 4.17. The predicted molar refractivity (Wildman–Crippen MR) is 82.2 cm³/mol. The fourth-order valence-corrected chi connectivity index (χ4v) is 4.74. The third-order valence-corrected chi connectivity index (χ3v) is 6.14. The van der Waals surface area contributed by atoms with E-state index in [1.165, 1.54) is 17.7 Å². The first-order chi connectivity index (χ1) is 10.1. The van der Waals surface area contributed by atoms with Crippen LogP contribution in [-0.2, 0) is 6.54 Å². The van der Waals surface area contributed by atoms with E-state index >= 15 is 0 Å². The van der Waals surface area contributed by atoms with Crippen molar-refractivity contribution in [1.29, 1.82) is 0 Å². The molecule has 0 radical (unpaired) electrons. The average molecular weight is 309 g/mol. The second kappa shape index (κ2) is 5.93. The van der Waals surface area contributed by atoms with Gasteiger partial charge in [0, 0.05) is 23.4 Å². The van der Waals surface area contributed by atoms with Gasteiger partial charge in [-0.05, 0) is 44.9 Å². The van der Waals surface area contributed by atoms with E-state index in [-0.39, 0.29) is 24.6 Å². The van der Waals surface area contributed by atoms with Gasteiger partial charge in [0.2, 0.25) is 0 Å². The number of carbonyl (C=O) groups excluding carboxylic acids is 1. The van der Waals surface area contributed by atoms with E-state index in [0.717, 1.165) is 17.1 Å². The van der Waals surface area contributed by atoms with Gasteiger partial charge in [-0.1, -0.05) is 0 Å². The van der Waals surface area contributed by atoms with E-state index in [2.05, 4.69) is 15.6 Å². The number of rotatable bonds is 4. The highest BCUT2D eigenvalue weighted by molar-refractivity contribution is 7.11. The Labute approximate surface area is 129 Å². The molecule has 2 aliphatic carbocycles. The molecule has 2 amide bonds. The molecule has 0 spiro atoms. The van der Waals surface area contributed by atoms with E-state index in [9.17, 15) is 9.90 Å². The minimum absolute atomic E-state index is 0.133. The van der Waals surface area contributed by atoms with Crippen LogP contribution in [0, 0.1) is 31.6 Å². The molecule has 4 unspecified atom stereocenters. The van der Waals surface area contributed by atoms with Gasteiger partial charge in [-0.15, -0.1) is 11.3 Å². The van der Waals surface area contributed by atoms with E-state index in [0.29, 0.717) is 18.4 Å². The number of hydrogen-bond donors (Lipinski definition) is 3. The lowest BCUT2D eigenvalue weighted by molar-refractivity contribution is 0.144. The summed E-state index contributed by atoms with van der Waals surface area (Å²) >= 11 is 1.62. The van der Waals surface area contributed by atoms with Crippen molar-refractivity contribution in [3.8, 4) is 0 Å². The fraction of sp³-hybridized carbons (Fsp3) is 0.733. The van der Waals surface area contributed by atoms with Crippen LogP contribution in [0.4, 0.5) is 4.79 Å². The standard InChI is InChI=1S/C15H23N3O2S/c1-8-9(2)21-13(17-8)6-16-15(20)18-14-11-4-3-10(5-11)12(14)7-19/h10-12,14,19H,3-7H2,1-2H3,(H2,16,18,20). The zero-order chi connectivity index (χ0) is 15.0. The molecule has 4 atom stereocenters. The van der Waals surface area contributed by atoms with Crippen molar-refractivity contribution in [2.45, 2.75) is 45.7 Å². The largest absolute Gasteiger partial charge is 0.396 e. The van der Waals surface area contributed by atoms with Gasteiger partial charge in [0.05, 0.1) is 12.2 Å². The van der Waals surface area contributed by atoms with Gasteiger partial charge in [0.1, 0.15) is 5.01 Å². The van der Waals surface area contributed by atoms with Crippen molar-refractivity contribution in [2.24, 2.45) is 17.8 Å². The quantitative estimate of drug-likeness (QED) is 0.796. The van der Waals surface area contributed by atoms with Crippen molar-refractivity contribution in [2.75, 3.05) is 6.61 Å². The molecule has 5 nitrogen and oxygen atoms in total. The van der Waals surface area contributed by atoms with Crippen LogP contribution in [0.2, 0.25) is 0 Å². The molecule has 0 saturated heterocycles. The number of hydrogen-bond acceptors (Lipinski definition) is 4. The molecule has 3 rings (SSSR count). The van der Waals surface area contributed by atoms with Crippen LogP contribution in [-0.4, -0.2) is 28.8 Å². The lowest BCUT2D eigenvalue weighted by atomic mass is 9.85. The molecule has 1 aromatic rings. The van der Waals surface area contributed by atoms with Crippen molar-refractivity contribution < 1.29 is 9.90 Å². The highest BCUT2D eigenvalue weighted by atomic mass is 32.1. The van der Waals surface area contributed by atoms with Gasteiger partial charge < -0.3 is 15.7 Å². The summed E-state index contributed by atoms with van der Waals surface area (Å²) in [5.74, 6) is 1.37. The molecule has 0 aliphatic heterocycles. The number of aliphatic hydroxyl groups excluding tert-OH is 1. The minimum Gasteiger partial charge on any atom is -0.396 e. The van der Waals surface area contributed by atoms with Crippen LogP contribution in [0.1, 0.15) is 34.8 Å². The zero-order valence-corrected chi connectivity index (χ0v) is 13.4. The number of nitrogens with zero attached hydrogens (tertiary/aromatic N) is 1. The highest BCUT2D eigenvalue weighted by Gasteiger charge is 2.47. The number of nitrogens with one attached hydrogen (secondary N) is 2. The van der Waals surface area contributed by atoms with Crippen LogP contribution >= 0.6 is 11.3 Å². The number of urea groups is 1. The number of amides is 2. The summed E-state index contributed by atoms with van der Waals surface area (Å²) in [5.41, 5.74) is 1.03. The normalized spacial score (nSPS) is 30.6. The maximum atomic E-state index is 12.1. The van der Waals surface area contributed by atoms with E-state index in [1.54, 1.807) is 11.3 Å². The number of aryl methyl sites for hydroxylation is 2. The molecule has 0 aromatic carbocycles. The molecule has 3 N–H and O–H groups in total. The lowest BCUT2D eigenvalue weighted by Crippen LogP contribution is -2.48. The molecule has 2 aliphatic rings. The minimum atomic E-state index is -0.142. The maximum absolute atomic E-state index is 12.1. The summed E-state index contributed by atoms with van der Waals surface area (Å²) in [7, 11) is 0. The Hall–Kier alpha value is -1.14. The summed E-state index contributed by atoms with van der Waals surface area (Å²) in [4.78, 5) is 17.7. The maximum Gasteiger partial charge on any atom is 0.315 e. The first-order valence-electron chi connectivity index (χ1n) is 7.66. The Balaban J connectivity index is 1.52. The molecule has 2 bridgehead atoms. The monoisotopic (exact) mass is 309 g/mol. The number of aliphatic hydroxyl groups is 1. The first-order valence-corrected chi connectivity index (χ1v) is 8.48. The predicted octanol–water partition coefficient (Wildman–Crippen LogP) is 1.97. The molecule has 6 heteroatoms. The molecule has 116 valence electrons. The molecule has 2 saturated carbocycles. The fourth-order valence-electron chi connectivity index (χ4n) is 3.87. The smallest absolute Gasteiger partial charge is 0.315 e. The first kappa shape index (κ1) is 14.8. The summed E-state index contributed by atoms with van der Waals surface area (Å²) in [6.07, 6.45) is 3.53. The Morgan fingerprint density at radius 2 is 2.14 bits per heavy atom. The molecular weight excluding hydrogens is 286 g/mol. The number of aromatic nitrogens is 1. The molecular formula is C15H23N3O2S. The van der Waals surface area contributed by atoms with Crippen molar-refractivity contribution in [3.05, 3.63) is 15.6 Å². The third-order valence-electron chi connectivity index (χ3n) is 5.07. The third kappa shape index (κ3) is 2.92. The Morgan fingerprint density at radius 1 is 1.38 bits per heavy atom. The summed E-state index contributed by atoms with van der Waals surface area (Å²) < 4.78 is 0. The molecule has 1 aromatic heterocycles. The summed E-state index contributed by atoms with van der Waals surface area (Å²) in [6, 6.07) is -0.00924. The van der Waals surface area contributed by atoms with Gasteiger partial charge in [-0.25, -0.2) is 9.78 Å². The lowest BCUT2D eigenvalue weighted by Gasteiger charge is -2.30. The average Bonchev–Trinajstić information content (AvgIpc) is 3.12. The van der Waals surface area contributed by atoms with E-state index in [4.69, 9.17) is 0 Å². The Morgan fingerprint density at radius 3 is 2.81 bits per heavy atom. The van der Waals surface area contributed by atoms with E-state index in [1.807, 2.05) is 13.8 Å².